The van der Waals surface area contributed by atoms with Crippen LogP contribution in [0.2, 0.25) is 0 Å². The van der Waals surface area contributed by atoms with Crippen molar-refractivity contribution in [3.8, 4) is 0 Å². The Hall–Kier alpha value is -1.35. The molecule has 0 bridgehead atoms. The number of hydrogen-bond donors (Lipinski definition) is 1. The Morgan fingerprint density at radius 1 is 1.38 bits per heavy atom. The fourth-order valence-corrected chi connectivity index (χ4v) is 0.954. The van der Waals surface area contributed by atoms with Crippen LogP contribution in [0.1, 0.15) is 11.1 Å². The van der Waals surface area contributed by atoms with Gasteiger partial charge < -0.3 is 10.5 Å². The average Bonchev–Trinajstić information content (AvgIpc) is 2.08. The van der Waals surface area contributed by atoms with Crippen molar-refractivity contribution in [3.63, 3.8) is 0 Å². The molecule has 1 amide bonds. The highest BCUT2D eigenvalue weighted by atomic mass is 16.5. The van der Waals surface area contributed by atoms with Crippen molar-refractivity contribution in [2.45, 2.75) is 13.5 Å². The van der Waals surface area contributed by atoms with Crippen molar-refractivity contribution in [2.24, 2.45) is 5.73 Å². The highest BCUT2D eigenvalue weighted by molar-refractivity contribution is 5.74. The summed E-state index contributed by atoms with van der Waals surface area (Å²) < 4.78 is 5.05. The fourth-order valence-electron chi connectivity index (χ4n) is 0.954. The van der Waals surface area contributed by atoms with Gasteiger partial charge in [-0.2, -0.15) is 0 Å². The fraction of sp³-hybridized carbons (Fsp3) is 0.300. The Labute approximate surface area is 77.5 Å². The lowest BCUT2D eigenvalue weighted by molar-refractivity contribution is -0.122. The highest BCUT2D eigenvalue weighted by Gasteiger charge is 1.95. The van der Waals surface area contributed by atoms with E-state index < -0.39 is 5.91 Å². The smallest absolute Gasteiger partial charge is 0.243 e. The SMILES string of the molecule is Cc1ccc(COCC(N)=O)cc1. The van der Waals surface area contributed by atoms with E-state index in [1.54, 1.807) is 0 Å². The zero-order valence-electron chi connectivity index (χ0n) is 7.62. The Bertz CT molecular complexity index is 279. The molecular weight excluding hydrogens is 166 g/mol. The van der Waals surface area contributed by atoms with Gasteiger partial charge in [0.2, 0.25) is 5.91 Å². The van der Waals surface area contributed by atoms with Crippen LogP contribution < -0.4 is 5.73 Å². The molecule has 0 radical (unpaired) electrons. The van der Waals surface area contributed by atoms with Crippen LogP contribution >= 0.6 is 0 Å². The average molecular weight is 179 g/mol. The molecule has 0 heterocycles. The molecule has 0 unspecified atom stereocenters. The van der Waals surface area contributed by atoms with Crippen LogP contribution in [-0.2, 0) is 16.1 Å². The van der Waals surface area contributed by atoms with Crippen molar-refractivity contribution in [1.82, 2.24) is 0 Å². The van der Waals surface area contributed by atoms with Gasteiger partial charge in [0.05, 0.1) is 6.61 Å². The van der Waals surface area contributed by atoms with Gasteiger partial charge in [-0.1, -0.05) is 29.8 Å². The molecule has 0 saturated heterocycles. The third kappa shape index (κ3) is 3.71. The second-order valence-corrected chi connectivity index (χ2v) is 2.94. The molecule has 3 nitrogen and oxygen atoms in total. The van der Waals surface area contributed by atoms with Crippen LogP contribution in [0.25, 0.3) is 0 Å². The molecule has 0 aliphatic carbocycles. The number of amides is 1. The van der Waals surface area contributed by atoms with E-state index in [0.29, 0.717) is 6.61 Å². The summed E-state index contributed by atoms with van der Waals surface area (Å²) in [7, 11) is 0. The molecule has 0 fully saturated rings. The van der Waals surface area contributed by atoms with Gasteiger partial charge in [0, 0.05) is 0 Å². The number of rotatable bonds is 4. The Kier molecular flexibility index (Phi) is 3.46. The minimum atomic E-state index is -0.438. The molecule has 0 atom stereocenters. The van der Waals surface area contributed by atoms with Crippen molar-refractivity contribution in [1.29, 1.82) is 0 Å². The van der Waals surface area contributed by atoms with E-state index in [9.17, 15) is 4.79 Å². The second kappa shape index (κ2) is 4.62. The first-order chi connectivity index (χ1) is 6.18. The maximum absolute atomic E-state index is 10.3. The van der Waals surface area contributed by atoms with E-state index in [1.165, 1.54) is 5.56 Å². The lowest BCUT2D eigenvalue weighted by atomic mass is 10.2. The quantitative estimate of drug-likeness (QED) is 0.749. The van der Waals surface area contributed by atoms with Crippen molar-refractivity contribution in [3.05, 3.63) is 35.4 Å². The van der Waals surface area contributed by atoms with Crippen LogP contribution in [0.3, 0.4) is 0 Å². The highest BCUT2D eigenvalue weighted by Crippen LogP contribution is 2.03. The summed E-state index contributed by atoms with van der Waals surface area (Å²) in [5.41, 5.74) is 7.17. The summed E-state index contributed by atoms with van der Waals surface area (Å²) in [4.78, 5) is 10.3. The lowest BCUT2D eigenvalue weighted by Crippen LogP contribution is -2.17. The van der Waals surface area contributed by atoms with E-state index in [4.69, 9.17) is 10.5 Å². The summed E-state index contributed by atoms with van der Waals surface area (Å²) in [5, 5.41) is 0. The van der Waals surface area contributed by atoms with E-state index in [1.807, 2.05) is 31.2 Å². The van der Waals surface area contributed by atoms with Gasteiger partial charge in [-0.05, 0) is 12.5 Å². The van der Waals surface area contributed by atoms with Gasteiger partial charge in [-0.25, -0.2) is 0 Å². The number of primary amides is 1. The number of benzene rings is 1. The molecule has 0 saturated carbocycles. The van der Waals surface area contributed by atoms with Gasteiger partial charge in [0.15, 0.2) is 0 Å². The van der Waals surface area contributed by atoms with Gasteiger partial charge in [0.1, 0.15) is 6.61 Å². The van der Waals surface area contributed by atoms with E-state index >= 15 is 0 Å². The number of aryl methyl sites for hydroxylation is 1. The first kappa shape index (κ1) is 9.74. The molecule has 0 aliphatic heterocycles. The third-order valence-electron chi connectivity index (χ3n) is 1.63. The number of carbonyl (C=O) groups is 1. The van der Waals surface area contributed by atoms with Crippen LogP contribution in [0, 0.1) is 6.92 Å². The van der Waals surface area contributed by atoms with Crippen LogP contribution in [0.15, 0.2) is 24.3 Å². The molecule has 3 heteroatoms. The van der Waals surface area contributed by atoms with Crippen LogP contribution in [-0.4, -0.2) is 12.5 Å². The van der Waals surface area contributed by atoms with Gasteiger partial charge in [0.25, 0.3) is 0 Å². The molecule has 13 heavy (non-hydrogen) atoms. The van der Waals surface area contributed by atoms with E-state index in [-0.39, 0.29) is 6.61 Å². The molecule has 0 aliphatic rings. The molecule has 1 aromatic carbocycles. The first-order valence-corrected chi connectivity index (χ1v) is 4.10. The van der Waals surface area contributed by atoms with Crippen molar-refractivity contribution in [2.75, 3.05) is 6.61 Å². The maximum Gasteiger partial charge on any atom is 0.243 e. The molecule has 2 N–H and O–H groups in total. The van der Waals surface area contributed by atoms with Crippen molar-refractivity contribution >= 4 is 5.91 Å². The van der Waals surface area contributed by atoms with Gasteiger partial charge in [-0.3, -0.25) is 4.79 Å². The van der Waals surface area contributed by atoms with Crippen molar-refractivity contribution < 1.29 is 9.53 Å². The number of nitrogens with two attached hydrogens (primary N) is 1. The lowest BCUT2D eigenvalue weighted by Gasteiger charge is -2.01. The summed E-state index contributed by atoms with van der Waals surface area (Å²) in [6, 6.07) is 7.94. The molecule has 0 spiro atoms. The Balaban J connectivity index is 2.37. The zero-order chi connectivity index (χ0) is 9.68. The first-order valence-electron chi connectivity index (χ1n) is 4.10. The Morgan fingerprint density at radius 3 is 2.54 bits per heavy atom. The topological polar surface area (TPSA) is 52.3 Å². The van der Waals surface area contributed by atoms with Gasteiger partial charge >= 0.3 is 0 Å². The standard InChI is InChI=1S/C10H13NO2/c1-8-2-4-9(5-3-8)6-13-7-10(11)12/h2-5H,6-7H2,1H3,(H2,11,12). The summed E-state index contributed by atoms with van der Waals surface area (Å²) in [6.45, 7) is 2.44. The van der Waals surface area contributed by atoms with Crippen LogP contribution in [0.5, 0.6) is 0 Å². The predicted molar refractivity (Wildman–Crippen MR) is 50.0 cm³/mol. The summed E-state index contributed by atoms with van der Waals surface area (Å²) in [5.74, 6) is -0.438. The Morgan fingerprint density at radius 2 is 2.00 bits per heavy atom. The zero-order valence-corrected chi connectivity index (χ0v) is 7.62. The number of ether oxygens (including phenoxy) is 1. The normalized spacial score (nSPS) is 9.92. The minimum absolute atomic E-state index is 0.0200. The van der Waals surface area contributed by atoms with E-state index in [2.05, 4.69) is 0 Å². The molecule has 0 aromatic heterocycles. The molecular formula is C10H13NO2. The number of hydrogen-bond acceptors (Lipinski definition) is 2. The predicted octanol–water partition coefficient (Wildman–Crippen LogP) is 0.997. The number of carbonyl (C=O) groups excluding carboxylic acids is 1. The molecule has 70 valence electrons. The summed E-state index contributed by atoms with van der Waals surface area (Å²) >= 11 is 0. The van der Waals surface area contributed by atoms with Crippen LogP contribution in [0.4, 0.5) is 0 Å². The third-order valence-corrected chi connectivity index (χ3v) is 1.63. The second-order valence-electron chi connectivity index (χ2n) is 2.94. The van der Waals surface area contributed by atoms with E-state index in [0.717, 1.165) is 5.56 Å². The maximum atomic E-state index is 10.3. The van der Waals surface area contributed by atoms with Gasteiger partial charge in [-0.15, -0.1) is 0 Å². The minimum Gasteiger partial charge on any atom is -0.368 e. The molecule has 1 rings (SSSR count). The summed E-state index contributed by atoms with van der Waals surface area (Å²) in [6.07, 6.45) is 0. The molecule has 1 aromatic rings. The monoisotopic (exact) mass is 179 g/mol. The largest absolute Gasteiger partial charge is 0.368 e.